The van der Waals surface area contributed by atoms with Crippen LogP contribution in [0, 0.1) is 36.5 Å². The molecule has 0 aliphatic carbocycles. The second-order valence-corrected chi connectivity index (χ2v) is 18.0. The zero-order valence-electron chi connectivity index (χ0n) is 37.4. The summed E-state index contributed by atoms with van der Waals surface area (Å²) in [5.41, 5.74) is 2.71. The number of rotatable bonds is 17. The van der Waals surface area contributed by atoms with Gasteiger partial charge in [0.2, 0.25) is 0 Å². The number of carbonyl (C=O) groups excluding carboxylic acids is 2. The first kappa shape index (κ1) is 52.1. The van der Waals surface area contributed by atoms with Crippen molar-refractivity contribution in [3.05, 3.63) is 135 Å². The maximum absolute atomic E-state index is 11.5. The number of hydrogen-bond acceptors (Lipinski definition) is 6. The molecular formula is C51H73ClO5S. The quantitative estimate of drug-likeness (QED) is 0.0873. The van der Waals surface area contributed by atoms with Crippen LogP contribution in [0.1, 0.15) is 134 Å². The Hall–Kier alpha value is -3.87. The smallest absolute Gasteiger partial charge is 0.198 e. The van der Waals surface area contributed by atoms with Crippen molar-refractivity contribution in [3.63, 3.8) is 0 Å². The molecular weight excluding hydrogens is 760 g/mol. The van der Waals surface area contributed by atoms with Crippen molar-refractivity contribution in [2.45, 2.75) is 128 Å². The molecule has 5 aromatic rings. The molecule has 2 aromatic carbocycles. The molecule has 0 unspecified atom stereocenters. The van der Waals surface area contributed by atoms with Crippen LogP contribution in [0.4, 0.5) is 0 Å². The van der Waals surface area contributed by atoms with E-state index in [1.54, 1.807) is 29.7 Å². The fraction of sp³-hybridized carbons (Fsp3) is 0.490. The van der Waals surface area contributed by atoms with Crippen LogP contribution in [0.15, 0.2) is 111 Å². The highest BCUT2D eigenvalue weighted by atomic mass is 35.5. The van der Waals surface area contributed by atoms with Crippen LogP contribution in [0.25, 0.3) is 0 Å². The van der Waals surface area contributed by atoms with E-state index in [4.69, 9.17) is 25.2 Å². The summed E-state index contributed by atoms with van der Waals surface area (Å²) in [4.78, 5) is 24.0. The number of furan rings is 2. The normalized spacial score (nSPS) is 10.6. The number of carbonyl (C=O) groups is 2. The number of benzene rings is 2. The van der Waals surface area contributed by atoms with Gasteiger partial charge in [-0.2, -0.15) is 0 Å². The maximum atomic E-state index is 11.5. The molecule has 58 heavy (non-hydrogen) atoms. The first-order chi connectivity index (χ1) is 27.5. The lowest BCUT2D eigenvalue weighted by Crippen LogP contribution is -2.07. The van der Waals surface area contributed by atoms with Crippen molar-refractivity contribution in [1.29, 1.82) is 0 Å². The van der Waals surface area contributed by atoms with Gasteiger partial charge in [-0.05, 0) is 127 Å². The lowest BCUT2D eigenvalue weighted by molar-refractivity contribution is -0.121. The predicted molar refractivity (Wildman–Crippen MR) is 248 cm³/mol. The molecule has 0 atom stereocenters. The minimum Gasteiger partial charge on any atom is -0.493 e. The molecule has 0 amide bonds. The van der Waals surface area contributed by atoms with Crippen LogP contribution in [0.2, 0.25) is 5.22 Å². The van der Waals surface area contributed by atoms with Gasteiger partial charge < -0.3 is 13.6 Å². The van der Waals surface area contributed by atoms with Gasteiger partial charge in [-0.3, -0.25) is 9.59 Å². The summed E-state index contributed by atoms with van der Waals surface area (Å²) in [6.07, 6.45) is 9.41. The Kier molecular flexibility index (Phi) is 28.0. The van der Waals surface area contributed by atoms with E-state index in [0.29, 0.717) is 42.1 Å². The van der Waals surface area contributed by atoms with Crippen molar-refractivity contribution in [2.75, 3.05) is 6.61 Å². The Balaban J connectivity index is 0.000000365. The molecule has 0 saturated carbocycles. The summed E-state index contributed by atoms with van der Waals surface area (Å²) in [5, 5.41) is 2.33. The molecule has 3 heterocycles. The number of ether oxygens (including phenoxy) is 1. The van der Waals surface area contributed by atoms with E-state index in [1.165, 1.54) is 28.8 Å². The minimum absolute atomic E-state index is 0.0394. The van der Waals surface area contributed by atoms with Gasteiger partial charge in [-0.15, -0.1) is 11.3 Å². The molecule has 0 spiro atoms. The first-order valence-corrected chi connectivity index (χ1v) is 22.4. The van der Waals surface area contributed by atoms with Gasteiger partial charge in [0.05, 0.1) is 12.9 Å². The maximum Gasteiger partial charge on any atom is 0.198 e. The Morgan fingerprint density at radius 1 is 0.707 bits per heavy atom. The third-order valence-electron chi connectivity index (χ3n) is 8.49. The average molecular weight is 834 g/mol. The van der Waals surface area contributed by atoms with Crippen LogP contribution >= 0.6 is 22.9 Å². The van der Waals surface area contributed by atoms with E-state index in [-0.39, 0.29) is 16.9 Å². The van der Waals surface area contributed by atoms with Gasteiger partial charge in [0.15, 0.2) is 16.8 Å². The van der Waals surface area contributed by atoms with Crippen molar-refractivity contribution in [2.24, 2.45) is 29.6 Å². The van der Waals surface area contributed by atoms with Crippen molar-refractivity contribution in [3.8, 4) is 5.75 Å². The molecule has 320 valence electrons. The van der Waals surface area contributed by atoms with Gasteiger partial charge >= 0.3 is 0 Å². The fourth-order valence-corrected chi connectivity index (χ4v) is 6.00. The second kappa shape index (κ2) is 31.1. The Labute approximate surface area is 361 Å². The Morgan fingerprint density at radius 2 is 1.41 bits per heavy atom. The van der Waals surface area contributed by atoms with Crippen molar-refractivity contribution >= 4 is 34.5 Å². The summed E-state index contributed by atoms with van der Waals surface area (Å²) >= 11 is 7.29. The second-order valence-electron chi connectivity index (χ2n) is 16.6. The molecule has 3 aromatic heterocycles. The standard InChI is InChI=1S/C11H15ClO2.C11H16O.C11H16.C10H14OS.C8H12O/c1-8(2)4-3-5-9(13)10-6-7-11(12)14-10;1-9(2)8-12-11-6-4-5-10(3)7-11;1-10(2)8-9-11-6-4-3-5-7-11;1-8(2)10(11)6-5-9-4-3-7-12-9;1-7(2)6-8-4-3-5-9-8/h6-8H,3-5H2,1-2H3;4-7,9H,8H2,1-3H3;3-7,10H,8-9H2,1-2H3;3-4,7-8H,5-6H2,1-2H3;3-5,7H,6H2,1-2H3. The van der Waals surface area contributed by atoms with Crippen LogP contribution in [-0.2, 0) is 24.1 Å². The predicted octanol–water partition coefficient (Wildman–Crippen LogP) is 15.6. The van der Waals surface area contributed by atoms with Gasteiger partial charge in [0, 0.05) is 30.1 Å². The SMILES string of the molecule is CC(C)C(=O)CCc1cccs1.CC(C)CCCC(=O)c1ccc(Cl)o1.CC(C)CCc1ccccc1.CC(C)Cc1ccco1.Cc1cccc(OCC(C)C)c1. The molecule has 5 nitrogen and oxygen atoms in total. The van der Waals surface area contributed by atoms with E-state index in [0.717, 1.165) is 49.7 Å². The summed E-state index contributed by atoms with van der Waals surface area (Å²) in [6.45, 7) is 24.3. The molecule has 0 aliphatic rings. The lowest BCUT2D eigenvalue weighted by Gasteiger charge is -2.08. The largest absolute Gasteiger partial charge is 0.493 e. The number of ketones is 2. The topological polar surface area (TPSA) is 69.7 Å². The number of Topliss-reactive ketones (excluding diaryl/α,β-unsaturated/α-hetero) is 2. The van der Waals surface area contributed by atoms with E-state index in [9.17, 15) is 9.59 Å². The molecule has 0 radical (unpaired) electrons. The van der Waals surface area contributed by atoms with E-state index >= 15 is 0 Å². The lowest BCUT2D eigenvalue weighted by atomic mass is 10.0. The summed E-state index contributed by atoms with van der Waals surface area (Å²) < 4.78 is 15.7. The molecule has 0 N–H and O–H groups in total. The molecule has 0 bridgehead atoms. The zero-order chi connectivity index (χ0) is 43.3. The highest BCUT2D eigenvalue weighted by molar-refractivity contribution is 7.09. The van der Waals surface area contributed by atoms with Crippen molar-refractivity contribution in [1.82, 2.24) is 0 Å². The monoisotopic (exact) mass is 832 g/mol. The van der Waals surface area contributed by atoms with E-state index in [1.807, 2.05) is 44.2 Å². The number of thiophene rings is 1. The van der Waals surface area contributed by atoms with Crippen LogP contribution in [0.3, 0.4) is 0 Å². The number of aryl methyl sites for hydroxylation is 3. The van der Waals surface area contributed by atoms with Crippen LogP contribution < -0.4 is 4.74 Å². The Bertz CT molecular complexity index is 1720. The number of hydrogen-bond donors (Lipinski definition) is 0. The fourth-order valence-electron chi connectivity index (χ4n) is 5.15. The van der Waals surface area contributed by atoms with Crippen LogP contribution in [0.5, 0.6) is 5.75 Å². The molecule has 0 fully saturated rings. The summed E-state index contributed by atoms with van der Waals surface area (Å²) in [5.74, 6) is 5.76. The highest BCUT2D eigenvalue weighted by Gasteiger charge is 2.10. The summed E-state index contributed by atoms with van der Waals surface area (Å²) in [7, 11) is 0. The minimum atomic E-state index is 0.0394. The molecule has 5 rings (SSSR count). The highest BCUT2D eigenvalue weighted by Crippen LogP contribution is 2.17. The third kappa shape index (κ3) is 27.7. The molecule has 7 heteroatoms. The van der Waals surface area contributed by atoms with Crippen molar-refractivity contribution < 1.29 is 23.2 Å². The molecule has 0 aliphatic heterocycles. The van der Waals surface area contributed by atoms with Gasteiger partial charge in [0.1, 0.15) is 17.3 Å². The van der Waals surface area contributed by atoms with Gasteiger partial charge in [-0.25, -0.2) is 0 Å². The van der Waals surface area contributed by atoms with E-state index < -0.39 is 0 Å². The third-order valence-corrected chi connectivity index (χ3v) is 9.63. The van der Waals surface area contributed by atoms with Gasteiger partial charge in [0.25, 0.3) is 0 Å². The number of halogens is 1. The van der Waals surface area contributed by atoms with Gasteiger partial charge in [-0.1, -0.05) is 124 Å². The Morgan fingerprint density at radius 3 is 1.93 bits per heavy atom. The van der Waals surface area contributed by atoms with E-state index in [2.05, 4.69) is 116 Å². The summed E-state index contributed by atoms with van der Waals surface area (Å²) in [6, 6.07) is 30.1. The van der Waals surface area contributed by atoms with Crippen LogP contribution in [-0.4, -0.2) is 18.2 Å². The first-order valence-electron chi connectivity index (χ1n) is 21.1. The molecule has 0 saturated heterocycles. The zero-order valence-corrected chi connectivity index (χ0v) is 39.0. The average Bonchev–Trinajstić information content (AvgIpc) is 3.98.